The molecule has 12 rings (SSSR count). The lowest BCUT2D eigenvalue weighted by molar-refractivity contribution is -0.121. The van der Waals surface area contributed by atoms with Crippen molar-refractivity contribution in [3.05, 3.63) is 157 Å². The molecule has 2 spiro atoms. The molecule has 650 valence electrons. The second-order valence-corrected chi connectivity index (χ2v) is 34.4. The van der Waals surface area contributed by atoms with Crippen molar-refractivity contribution in [1.29, 1.82) is 0 Å². The van der Waals surface area contributed by atoms with Crippen molar-refractivity contribution in [2.45, 2.75) is 89.3 Å². The zero-order valence-corrected chi connectivity index (χ0v) is 73.6. The van der Waals surface area contributed by atoms with Gasteiger partial charge >= 0.3 is 0 Å². The number of sulfonamides is 3. The summed E-state index contributed by atoms with van der Waals surface area (Å²) in [6.45, 7) is 8.45. The molecule has 0 unspecified atom stereocenters. The fraction of sp³-hybridized carbons (Fsp3) is 0.348. The molecule has 5 N–H and O–H groups in total. The van der Waals surface area contributed by atoms with Gasteiger partial charge in [-0.2, -0.15) is 12.9 Å². The number of rotatable bonds is 16. The number of methoxy groups -OCH3 is 6. The van der Waals surface area contributed by atoms with E-state index in [2.05, 4.69) is 111 Å². The van der Waals surface area contributed by atoms with E-state index in [0.717, 1.165) is 32.5 Å². The van der Waals surface area contributed by atoms with Crippen LogP contribution in [0.2, 0.25) is 0 Å². The molecule has 6 heterocycles. The Morgan fingerprint density at radius 2 is 0.764 bits per heavy atom. The summed E-state index contributed by atoms with van der Waals surface area (Å²) in [5, 5.41) is 13.7. The van der Waals surface area contributed by atoms with Crippen LogP contribution in [-0.2, 0) is 58.2 Å². The number of hydrogen-bond acceptors (Lipinski definition) is 24. The standard InChI is InChI=1S/C22H26N2O6S.C19H4.C14H20N2O4S.C12H15NO4S.C8H7ClO2.C7H7ClO3S.C5H9NO.C2H7NO/c1-28-18-5-3-17(4-6-18)21(25)24-15-16-30-22(24)11-13-23(14-12-22)31(26,27)20-9-7-19(29-2)8-10-20;1-3-5-7-9-11-13-15-17-19-18-16-14-12-10-8-6-4-2;1-19-12-2-4-13(5-3-12)21(17,18)16-9-6-14(7-10-16)15-8-11-20-14;1-17-11-2-4-12(5-3-11)18(15,16)13-8-6-10(14)7-9-13;1-11-7-4-2-6(3-5-7)8(9)10;1-11-6-2-4-7(5-3-6)12(8,9)10;7-5-1-3-6-4-2-5;3-1-2-4/h3-10H,11-16H2,1-2H3;1H,2H3;2-5,15H,6-11H2,1H3;2-5H,6-9H2,1H3;2-5H,1H3;2-5H,1H3;6H,1-4H2;4H,1-3H2. The Kier molecular flexibility index (Phi) is 44.5. The van der Waals surface area contributed by atoms with Crippen molar-refractivity contribution in [3.8, 4) is 142 Å². The summed E-state index contributed by atoms with van der Waals surface area (Å²) in [7, 11) is 0.194. The first kappa shape index (κ1) is 102. The van der Waals surface area contributed by atoms with Gasteiger partial charge in [0.2, 0.25) is 30.1 Å². The van der Waals surface area contributed by atoms with Gasteiger partial charge in [0, 0.05) is 145 Å². The number of benzene rings is 6. The van der Waals surface area contributed by atoms with Crippen LogP contribution in [0.15, 0.2) is 165 Å². The number of aliphatic hydroxyl groups excluding tert-OH is 1. The third-order valence-electron chi connectivity index (χ3n) is 18.1. The smallest absolute Gasteiger partial charge is 0.261 e. The monoisotopic (exact) mass is 1800 g/mol. The number of terminal acetylenes is 1. The van der Waals surface area contributed by atoms with E-state index in [4.69, 9.17) is 77.4 Å². The Bertz CT molecular complexity index is 5550. The summed E-state index contributed by atoms with van der Waals surface area (Å²) in [5.74, 6) is 46.2. The van der Waals surface area contributed by atoms with Crippen molar-refractivity contribution in [1.82, 2.24) is 28.4 Å². The average Bonchev–Trinajstić information content (AvgIpc) is 1.59. The number of ether oxygens (including phenoxy) is 8. The van der Waals surface area contributed by atoms with Crippen molar-refractivity contribution in [2.24, 2.45) is 5.73 Å². The molecule has 0 saturated carbocycles. The number of nitrogens with zero attached hydrogens (tertiary/aromatic N) is 4. The first-order valence-corrected chi connectivity index (χ1v) is 44.8. The number of nitrogens with one attached hydrogen (secondary N) is 2. The molecule has 34 heteroatoms. The van der Waals surface area contributed by atoms with Gasteiger partial charge in [-0.1, -0.05) is 5.92 Å². The van der Waals surface area contributed by atoms with Gasteiger partial charge in [0.05, 0.1) is 82.1 Å². The van der Waals surface area contributed by atoms with Crippen LogP contribution < -0.4 is 44.8 Å². The van der Waals surface area contributed by atoms with E-state index >= 15 is 0 Å². The number of carbonyl (C=O) groups is 4. The Balaban J connectivity index is 0.000000263. The second kappa shape index (κ2) is 53.5. The average molecular weight is 1800 g/mol. The SMILES string of the molecule is C#CC#CC#CC#CC#CC#CC#CC#CC#CC.COc1ccc(C(=O)Cl)cc1.COc1ccc(C(=O)N2CCOC23CCN(S(=O)(=O)c2ccc(OC)cc2)CC3)cc1.COc1ccc(S(=O)(=O)Cl)cc1.COc1ccc(S(=O)(=O)N2CCC(=O)CC2)cc1.COc1ccc(S(=O)(=O)N2CCC3(CC2)NCCO3)cc1.NCCO.O=C1CCNCC1. The predicted molar refractivity (Wildman–Crippen MR) is 467 cm³/mol. The maximum atomic E-state index is 13.1. The van der Waals surface area contributed by atoms with Crippen LogP contribution in [-0.4, -0.2) is 225 Å². The van der Waals surface area contributed by atoms with Crippen LogP contribution in [0.25, 0.3) is 0 Å². The van der Waals surface area contributed by atoms with Gasteiger partial charge in [0.1, 0.15) is 57.5 Å². The van der Waals surface area contributed by atoms with Crippen LogP contribution in [0.1, 0.15) is 79.0 Å². The van der Waals surface area contributed by atoms with E-state index in [1.54, 1.807) is 142 Å². The lowest BCUT2D eigenvalue weighted by Gasteiger charge is -2.43. The molecular formula is C89H95Cl2N7O21S4. The second-order valence-electron chi connectivity index (χ2n) is 25.7. The van der Waals surface area contributed by atoms with Gasteiger partial charge in [0.25, 0.3) is 20.2 Å². The highest BCUT2D eigenvalue weighted by Crippen LogP contribution is 2.38. The Morgan fingerprint density at radius 1 is 0.447 bits per heavy atom. The molecule has 0 radical (unpaired) electrons. The maximum Gasteiger partial charge on any atom is 0.261 e. The fourth-order valence-corrected chi connectivity index (χ4v) is 16.8. The van der Waals surface area contributed by atoms with Crippen LogP contribution in [0.3, 0.4) is 0 Å². The van der Waals surface area contributed by atoms with E-state index in [1.165, 1.54) is 70.6 Å². The summed E-state index contributed by atoms with van der Waals surface area (Å²) in [6.07, 6.45) is 9.17. The first-order valence-electron chi connectivity index (χ1n) is 37.8. The van der Waals surface area contributed by atoms with Gasteiger partial charge in [-0.15, -0.1) is 6.42 Å². The van der Waals surface area contributed by atoms with E-state index in [-0.39, 0.29) is 64.9 Å². The molecule has 6 saturated heterocycles. The van der Waals surface area contributed by atoms with Crippen molar-refractivity contribution in [3.63, 3.8) is 0 Å². The first-order chi connectivity index (χ1) is 59.0. The molecule has 0 bridgehead atoms. The van der Waals surface area contributed by atoms with Gasteiger partial charge < -0.3 is 59.0 Å². The largest absolute Gasteiger partial charge is 0.497 e. The molecule has 123 heavy (non-hydrogen) atoms. The summed E-state index contributed by atoms with van der Waals surface area (Å²) in [6, 6.07) is 38.6. The number of hydrogen-bond donors (Lipinski definition) is 4. The minimum absolute atomic E-state index is 0.0740. The summed E-state index contributed by atoms with van der Waals surface area (Å²) >= 11 is 5.22. The number of halogens is 2. The van der Waals surface area contributed by atoms with Crippen LogP contribution in [0.4, 0.5) is 0 Å². The van der Waals surface area contributed by atoms with Gasteiger partial charge in [-0.25, -0.2) is 33.7 Å². The van der Waals surface area contributed by atoms with E-state index < -0.39 is 50.1 Å². The molecular weight excluding hydrogens is 1700 g/mol. The van der Waals surface area contributed by atoms with E-state index in [9.17, 15) is 52.8 Å². The highest BCUT2D eigenvalue weighted by molar-refractivity contribution is 8.13. The molecule has 6 aliphatic heterocycles. The number of Topliss-reactive ketones (excluding diaryl/α,β-unsaturated/α-hetero) is 2. The third kappa shape index (κ3) is 34.1. The highest BCUT2D eigenvalue weighted by Gasteiger charge is 2.49. The Hall–Kier alpha value is -11.3. The molecule has 0 atom stereocenters. The summed E-state index contributed by atoms with van der Waals surface area (Å²) < 4.78 is 143. The third-order valence-corrected chi connectivity index (χ3v) is 25.4. The molecule has 1 amide bonds. The van der Waals surface area contributed by atoms with E-state index in [1.807, 2.05) is 0 Å². The highest BCUT2D eigenvalue weighted by atomic mass is 35.7. The number of ketones is 2. The van der Waals surface area contributed by atoms with Crippen molar-refractivity contribution in [2.75, 3.05) is 134 Å². The van der Waals surface area contributed by atoms with Crippen molar-refractivity contribution >= 4 is 84.1 Å². The maximum absolute atomic E-state index is 13.1. The molecule has 6 aromatic rings. The van der Waals surface area contributed by atoms with Gasteiger partial charge in [-0.3, -0.25) is 24.5 Å². The molecule has 6 aliphatic rings. The molecule has 6 fully saturated rings. The normalized spacial score (nSPS) is 15.2. The minimum atomic E-state index is -3.63. The fourth-order valence-electron chi connectivity index (χ4n) is 11.6. The summed E-state index contributed by atoms with van der Waals surface area (Å²) in [5.41, 5.74) is 4.72. The lowest BCUT2D eigenvalue weighted by atomic mass is 9.99. The number of amides is 1. The lowest BCUT2D eigenvalue weighted by Crippen LogP contribution is -2.55. The minimum Gasteiger partial charge on any atom is -0.497 e. The summed E-state index contributed by atoms with van der Waals surface area (Å²) in [4.78, 5) is 47.8. The van der Waals surface area contributed by atoms with Crippen molar-refractivity contribution < 1.29 is 95.9 Å². The van der Waals surface area contributed by atoms with Gasteiger partial charge in [-0.05, 0) is 259 Å². The zero-order chi connectivity index (χ0) is 90.2. The number of piperidine rings is 4. The molecule has 28 nitrogen and oxygen atoms in total. The van der Waals surface area contributed by atoms with Gasteiger partial charge in [0.15, 0.2) is 0 Å². The predicted octanol–water partition coefficient (Wildman–Crippen LogP) is 7.44. The van der Waals surface area contributed by atoms with Crippen LogP contribution >= 0.6 is 22.3 Å². The van der Waals surface area contributed by atoms with Crippen LogP contribution in [0.5, 0.6) is 34.5 Å². The quantitative estimate of drug-likeness (QED) is 0.0540. The topological polar surface area (TPSA) is 362 Å². The van der Waals surface area contributed by atoms with E-state index in [0.29, 0.717) is 134 Å². The Morgan fingerprint density at radius 3 is 1.07 bits per heavy atom. The number of nitrogens with two attached hydrogens (primary N) is 1. The molecule has 0 aliphatic carbocycles. The zero-order valence-electron chi connectivity index (χ0n) is 68.9. The number of aliphatic hydroxyl groups is 1. The molecule has 0 aromatic heterocycles. The van der Waals surface area contributed by atoms with Crippen LogP contribution in [0, 0.1) is 107 Å². The Labute approximate surface area is 731 Å². The molecule has 6 aromatic carbocycles. The number of carbonyl (C=O) groups excluding carboxylic acids is 4.